The summed E-state index contributed by atoms with van der Waals surface area (Å²) in [4.78, 5) is 7.98. The molecule has 2 heterocycles. The Morgan fingerprint density at radius 2 is 1.14 bits per heavy atom. The van der Waals surface area contributed by atoms with Crippen LogP contribution in [-0.4, -0.2) is 29.3 Å². The smallest absolute Gasteiger partial charge is 0.169 e. The van der Waals surface area contributed by atoms with Gasteiger partial charge >= 0.3 is 0 Å². The number of rotatable bonds is 9. The van der Waals surface area contributed by atoms with Crippen LogP contribution in [0.2, 0.25) is 10.0 Å². The molecule has 2 unspecified atom stereocenters. The van der Waals surface area contributed by atoms with Crippen LogP contribution in [0, 0.1) is 34.5 Å². The Bertz CT molecular complexity index is 2140. The van der Waals surface area contributed by atoms with Crippen molar-refractivity contribution in [1.29, 1.82) is 10.5 Å². The third-order valence-electron chi connectivity index (χ3n) is 8.05. The van der Waals surface area contributed by atoms with Crippen molar-refractivity contribution in [2.45, 2.75) is 37.1 Å². The third-order valence-corrected chi connectivity index (χ3v) is 8.55. The van der Waals surface area contributed by atoms with E-state index < -0.39 is 11.2 Å². The Morgan fingerprint density at radius 1 is 0.640 bits per heavy atom. The quantitative estimate of drug-likeness (QED) is 0.153. The molecule has 0 aliphatic rings. The fourth-order valence-corrected chi connectivity index (χ4v) is 5.55. The summed E-state index contributed by atoms with van der Waals surface area (Å²) in [6.45, 7) is 0.369. The van der Waals surface area contributed by atoms with Crippen LogP contribution in [0.3, 0.4) is 0 Å². The second-order valence-electron chi connectivity index (χ2n) is 11.5. The molecule has 6 aromatic rings. The monoisotopic (exact) mass is 698 g/mol. The summed E-state index contributed by atoms with van der Waals surface area (Å²) in [6.07, 6.45) is 7.26. The number of aryl methyl sites for hydroxylation is 1. The minimum Gasteiger partial charge on any atom is -0.383 e. The summed E-state index contributed by atoms with van der Waals surface area (Å²) in [7, 11) is 0. The van der Waals surface area contributed by atoms with Crippen molar-refractivity contribution >= 4 is 23.2 Å². The van der Waals surface area contributed by atoms with Gasteiger partial charge < -0.3 is 19.3 Å². The maximum atomic E-state index is 11.4. The number of nitrogens with zero attached hydrogens (tertiary/aromatic N) is 6. The normalized spacial score (nSPS) is 12.8. The summed E-state index contributed by atoms with van der Waals surface area (Å²) in [5.41, 5.74) is 1.54. The molecule has 0 amide bonds. The van der Waals surface area contributed by atoms with E-state index in [1.807, 2.05) is 72.8 Å². The van der Waals surface area contributed by atoms with Gasteiger partial charge in [-0.05, 0) is 65.9 Å². The first-order valence-corrected chi connectivity index (χ1v) is 16.4. The fourth-order valence-electron chi connectivity index (χ4n) is 5.30. The van der Waals surface area contributed by atoms with Gasteiger partial charge in [0.05, 0.1) is 38.1 Å². The van der Waals surface area contributed by atoms with E-state index in [2.05, 4.69) is 33.9 Å². The van der Waals surface area contributed by atoms with Gasteiger partial charge in [0.1, 0.15) is 29.1 Å². The molecule has 2 atom stereocenters. The number of halogens is 2. The van der Waals surface area contributed by atoms with Gasteiger partial charge in [0.25, 0.3) is 0 Å². The van der Waals surface area contributed by atoms with E-state index in [9.17, 15) is 15.5 Å². The van der Waals surface area contributed by atoms with Gasteiger partial charge in [0, 0.05) is 15.6 Å². The highest BCUT2D eigenvalue weighted by Gasteiger charge is 2.31. The number of nitriles is 2. The second kappa shape index (κ2) is 16.6. The lowest BCUT2D eigenvalue weighted by atomic mass is 9.87. The number of aliphatic hydroxyl groups is 2. The Kier molecular flexibility index (Phi) is 11.9. The third kappa shape index (κ3) is 9.27. The predicted octanol–water partition coefficient (Wildman–Crippen LogP) is 7.28. The molecular formula is C40H32Cl2N6O2. The highest BCUT2D eigenvalue weighted by Crippen LogP contribution is 2.30. The van der Waals surface area contributed by atoms with Gasteiger partial charge in [-0.3, -0.25) is 0 Å². The summed E-state index contributed by atoms with van der Waals surface area (Å²) in [5, 5.41) is 42.3. The number of imidazole rings is 2. The SMILES string of the molecule is N#Cc1cncn1CC(O)(C#Cc1ccc(Cl)cc1)c1ccccc1.N#Cc1cncn1CC(O)(CCc1ccc(Cl)cc1)c1ccccc1. The van der Waals surface area contributed by atoms with Crippen LogP contribution in [0.4, 0.5) is 0 Å². The zero-order valence-electron chi connectivity index (χ0n) is 26.9. The largest absolute Gasteiger partial charge is 0.383 e. The standard InChI is InChI=1S/C20H18ClN3O.C20H14ClN3O/c2*21-18-8-6-16(7-9-18)10-11-20(25,17-4-2-1-3-5-17)14-24-15-23-13-19(24)12-22/h1-9,13,15,25H,10-11,14H2;1-9,13,15,25H,14H2. The molecule has 0 saturated carbocycles. The molecule has 50 heavy (non-hydrogen) atoms. The average molecular weight is 700 g/mol. The van der Waals surface area contributed by atoms with Crippen molar-refractivity contribution in [2.24, 2.45) is 0 Å². The van der Waals surface area contributed by atoms with Crippen LogP contribution in [-0.2, 0) is 30.7 Å². The lowest BCUT2D eigenvalue weighted by molar-refractivity contribution is 0.00960. The van der Waals surface area contributed by atoms with Crippen LogP contribution in [0.1, 0.15) is 40.1 Å². The molecular weight excluding hydrogens is 667 g/mol. The molecule has 0 aliphatic heterocycles. The molecule has 8 nitrogen and oxygen atoms in total. The highest BCUT2D eigenvalue weighted by atomic mass is 35.5. The number of aromatic nitrogens is 4. The molecule has 0 fully saturated rings. The molecule has 4 aromatic carbocycles. The van der Waals surface area contributed by atoms with Gasteiger partial charge in [0.15, 0.2) is 5.60 Å². The number of hydrogen-bond acceptors (Lipinski definition) is 6. The van der Waals surface area contributed by atoms with E-state index in [1.165, 1.54) is 18.7 Å². The molecule has 0 aliphatic carbocycles. The predicted molar refractivity (Wildman–Crippen MR) is 193 cm³/mol. The first-order chi connectivity index (χ1) is 24.2. The summed E-state index contributed by atoms with van der Waals surface area (Å²) in [6, 6.07) is 37.6. The molecule has 0 radical (unpaired) electrons. The van der Waals surface area contributed by atoms with Gasteiger partial charge in [0.2, 0.25) is 0 Å². The van der Waals surface area contributed by atoms with Crippen molar-refractivity contribution in [2.75, 3.05) is 0 Å². The fraction of sp³-hybridized carbons (Fsp3) is 0.150. The molecule has 0 saturated heterocycles. The van der Waals surface area contributed by atoms with Crippen LogP contribution < -0.4 is 0 Å². The molecule has 0 spiro atoms. The highest BCUT2D eigenvalue weighted by molar-refractivity contribution is 6.30. The van der Waals surface area contributed by atoms with Crippen molar-refractivity contribution in [1.82, 2.24) is 19.1 Å². The zero-order chi connectivity index (χ0) is 35.4. The van der Waals surface area contributed by atoms with Crippen molar-refractivity contribution in [3.63, 3.8) is 0 Å². The Balaban J connectivity index is 0.000000194. The van der Waals surface area contributed by atoms with Gasteiger partial charge in [-0.15, -0.1) is 0 Å². The van der Waals surface area contributed by atoms with Crippen LogP contribution >= 0.6 is 23.2 Å². The van der Waals surface area contributed by atoms with E-state index in [0.717, 1.165) is 16.7 Å². The first kappa shape index (κ1) is 35.6. The van der Waals surface area contributed by atoms with Gasteiger partial charge in [-0.25, -0.2) is 9.97 Å². The van der Waals surface area contributed by atoms with Crippen molar-refractivity contribution in [3.8, 4) is 24.0 Å². The maximum absolute atomic E-state index is 11.4. The molecule has 2 N–H and O–H groups in total. The van der Waals surface area contributed by atoms with Gasteiger partial charge in [-0.2, -0.15) is 10.5 Å². The summed E-state index contributed by atoms with van der Waals surface area (Å²) >= 11 is 11.8. The minimum absolute atomic E-state index is 0.0977. The van der Waals surface area contributed by atoms with E-state index in [1.54, 1.807) is 51.9 Å². The molecule has 10 heteroatoms. The van der Waals surface area contributed by atoms with Crippen molar-refractivity contribution in [3.05, 3.63) is 178 Å². The lowest BCUT2D eigenvalue weighted by Crippen LogP contribution is -2.32. The average Bonchev–Trinajstić information content (AvgIpc) is 3.80. The molecule has 2 aromatic heterocycles. The van der Waals surface area contributed by atoms with Crippen molar-refractivity contribution < 1.29 is 10.2 Å². The summed E-state index contributed by atoms with van der Waals surface area (Å²) in [5.74, 6) is 5.93. The van der Waals surface area contributed by atoms with E-state index in [-0.39, 0.29) is 13.1 Å². The van der Waals surface area contributed by atoms with Crippen LogP contribution in [0.5, 0.6) is 0 Å². The first-order valence-electron chi connectivity index (χ1n) is 15.6. The molecule has 6 rings (SSSR count). The topological polar surface area (TPSA) is 124 Å². The van der Waals surface area contributed by atoms with E-state index >= 15 is 0 Å². The van der Waals surface area contributed by atoms with Crippen LogP contribution in [0.25, 0.3) is 0 Å². The second-order valence-corrected chi connectivity index (χ2v) is 12.4. The minimum atomic E-state index is -1.47. The molecule has 248 valence electrons. The number of hydrogen-bond donors (Lipinski definition) is 2. The van der Waals surface area contributed by atoms with Gasteiger partial charge in [-0.1, -0.05) is 108 Å². The van der Waals surface area contributed by atoms with Crippen LogP contribution in [0.15, 0.2) is 134 Å². The summed E-state index contributed by atoms with van der Waals surface area (Å²) < 4.78 is 3.28. The van der Waals surface area contributed by atoms with E-state index in [0.29, 0.717) is 39.8 Å². The Morgan fingerprint density at radius 3 is 1.68 bits per heavy atom. The Hall–Kier alpha value is -5.66. The molecule has 0 bridgehead atoms. The lowest BCUT2D eigenvalue weighted by Gasteiger charge is -2.29. The zero-order valence-corrected chi connectivity index (χ0v) is 28.4. The maximum Gasteiger partial charge on any atom is 0.169 e. The Labute approximate surface area is 301 Å². The van der Waals surface area contributed by atoms with E-state index in [4.69, 9.17) is 28.5 Å². The number of benzene rings is 4.